The standard InChI is InChI=1S/C12H22N4O2/c1-18-12-5-2-4-11(12)13-8-10-9-16(15-14-10)6-3-7-17/h9,11-13,17H,2-8H2,1H3. The summed E-state index contributed by atoms with van der Waals surface area (Å²) in [5.74, 6) is 0. The fourth-order valence-electron chi connectivity index (χ4n) is 2.44. The normalized spacial score (nSPS) is 23.7. The smallest absolute Gasteiger partial charge is 0.0964 e. The Kier molecular flexibility index (Phi) is 5.10. The van der Waals surface area contributed by atoms with Gasteiger partial charge in [-0.1, -0.05) is 5.21 Å². The Labute approximate surface area is 107 Å². The van der Waals surface area contributed by atoms with Crippen molar-refractivity contribution in [3.05, 3.63) is 11.9 Å². The van der Waals surface area contributed by atoms with Gasteiger partial charge < -0.3 is 15.2 Å². The molecule has 0 radical (unpaired) electrons. The zero-order valence-electron chi connectivity index (χ0n) is 10.9. The Morgan fingerprint density at radius 2 is 2.44 bits per heavy atom. The van der Waals surface area contributed by atoms with E-state index in [9.17, 15) is 0 Å². The summed E-state index contributed by atoms with van der Waals surface area (Å²) in [7, 11) is 1.77. The van der Waals surface area contributed by atoms with E-state index in [2.05, 4.69) is 15.6 Å². The van der Waals surface area contributed by atoms with Crippen LogP contribution in [0.4, 0.5) is 0 Å². The monoisotopic (exact) mass is 254 g/mol. The predicted molar refractivity (Wildman–Crippen MR) is 67.0 cm³/mol. The molecule has 1 heterocycles. The molecule has 1 saturated carbocycles. The first kappa shape index (κ1) is 13.5. The van der Waals surface area contributed by atoms with Crippen LogP contribution in [0.3, 0.4) is 0 Å². The van der Waals surface area contributed by atoms with Crippen LogP contribution in [0.15, 0.2) is 6.20 Å². The van der Waals surface area contributed by atoms with Gasteiger partial charge in [0.2, 0.25) is 0 Å². The predicted octanol–water partition coefficient (Wildman–Crippen LogP) is 0.318. The van der Waals surface area contributed by atoms with Gasteiger partial charge in [0.15, 0.2) is 0 Å². The Balaban J connectivity index is 1.77. The van der Waals surface area contributed by atoms with Crippen LogP contribution in [0.25, 0.3) is 0 Å². The highest BCUT2D eigenvalue weighted by molar-refractivity contribution is 4.94. The first-order valence-electron chi connectivity index (χ1n) is 6.59. The number of aromatic nitrogens is 3. The third-order valence-corrected chi connectivity index (χ3v) is 3.43. The second kappa shape index (κ2) is 6.82. The summed E-state index contributed by atoms with van der Waals surface area (Å²) in [4.78, 5) is 0. The van der Waals surface area contributed by atoms with Gasteiger partial charge in [-0.15, -0.1) is 5.10 Å². The number of hydrogen-bond donors (Lipinski definition) is 2. The van der Waals surface area contributed by atoms with Crippen LogP contribution < -0.4 is 5.32 Å². The van der Waals surface area contributed by atoms with Gasteiger partial charge in [-0.05, 0) is 25.7 Å². The van der Waals surface area contributed by atoms with E-state index < -0.39 is 0 Å². The molecule has 2 N–H and O–H groups in total. The number of hydrogen-bond acceptors (Lipinski definition) is 5. The Morgan fingerprint density at radius 1 is 1.56 bits per heavy atom. The lowest BCUT2D eigenvalue weighted by Crippen LogP contribution is -2.36. The van der Waals surface area contributed by atoms with Crippen LogP contribution in [0, 0.1) is 0 Å². The highest BCUT2D eigenvalue weighted by Gasteiger charge is 2.26. The van der Waals surface area contributed by atoms with Crippen molar-refractivity contribution in [2.45, 2.75) is 50.9 Å². The van der Waals surface area contributed by atoms with Crippen LogP contribution in [0.1, 0.15) is 31.4 Å². The fraction of sp³-hybridized carbons (Fsp3) is 0.833. The van der Waals surface area contributed by atoms with Crippen molar-refractivity contribution >= 4 is 0 Å². The summed E-state index contributed by atoms with van der Waals surface area (Å²) in [5, 5.41) is 20.4. The van der Waals surface area contributed by atoms with E-state index in [0.29, 0.717) is 25.1 Å². The topological polar surface area (TPSA) is 72.2 Å². The van der Waals surface area contributed by atoms with E-state index >= 15 is 0 Å². The van der Waals surface area contributed by atoms with E-state index in [1.165, 1.54) is 6.42 Å². The minimum atomic E-state index is 0.186. The van der Waals surface area contributed by atoms with Crippen molar-refractivity contribution in [3.63, 3.8) is 0 Å². The molecule has 6 heteroatoms. The van der Waals surface area contributed by atoms with Crippen molar-refractivity contribution < 1.29 is 9.84 Å². The molecule has 2 unspecified atom stereocenters. The Morgan fingerprint density at radius 3 is 3.22 bits per heavy atom. The largest absolute Gasteiger partial charge is 0.396 e. The lowest BCUT2D eigenvalue weighted by molar-refractivity contribution is 0.0846. The minimum absolute atomic E-state index is 0.186. The number of nitrogens with zero attached hydrogens (tertiary/aromatic N) is 3. The van der Waals surface area contributed by atoms with Crippen LogP contribution in [0.2, 0.25) is 0 Å². The highest BCUT2D eigenvalue weighted by Crippen LogP contribution is 2.21. The maximum absolute atomic E-state index is 8.75. The van der Waals surface area contributed by atoms with E-state index in [0.717, 1.165) is 25.1 Å². The maximum Gasteiger partial charge on any atom is 0.0964 e. The molecule has 0 spiro atoms. The second-order valence-electron chi connectivity index (χ2n) is 4.74. The molecule has 1 fully saturated rings. The van der Waals surface area contributed by atoms with Crippen LogP contribution in [-0.4, -0.2) is 46.0 Å². The average Bonchev–Trinajstić information content (AvgIpc) is 3.02. The lowest BCUT2D eigenvalue weighted by atomic mass is 10.2. The van der Waals surface area contributed by atoms with Gasteiger partial charge in [0.1, 0.15) is 0 Å². The molecule has 102 valence electrons. The number of methoxy groups -OCH3 is 1. The Bertz CT molecular complexity index is 356. The van der Waals surface area contributed by atoms with Gasteiger partial charge in [0.05, 0.1) is 11.8 Å². The van der Waals surface area contributed by atoms with Crippen molar-refractivity contribution in [2.24, 2.45) is 0 Å². The molecule has 2 rings (SSSR count). The quantitative estimate of drug-likeness (QED) is 0.733. The molecule has 0 amide bonds. The van der Waals surface area contributed by atoms with Crippen LogP contribution in [0.5, 0.6) is 0 Å². The van der Waals surface area contributed by atoms with Crippen molar-refractivity contribution in [3.8, 4) is 0 Å². The van der Waals surface area contributed by atoms with Gasteiger partial charge in [-0.2, -0.15) is 0 Å². The summed E-state index contributed by atoms with van der Waals surface area (Å²) in [6, 6.07) is 0.428. The zero-order chi connectivity index (χ0) is 12.8. The van der Waals surface area contributed by atoms with E-state index in [1.807, 2.05) is 6.20 Å². The lowest BCUT2D eigenvalue weighted by Gasteiger charge is -2.18. The maximum atomic E-state index is 8.75. The number of rotatable bonds is 7. The molecule has 1 aromatic heterocycles. The molecular formula is C12H22N4O2. The average molecular weight is 254 g/mol. The molecule has 18 heavy (non-hydrogen) atoms. The van der Waals surface area contributed by atoms with Crippen LogP contribution in [-0.2, 0) is 17.8 Å². The van der Waals surface area contributed by atoms with E-state index in [-0.39, 0.29) is 6.61 Å². The van der Waals surface area contributed by atoms with Gasteiger partial charge in [-0.3, -0.25) is 4.68 Å². The molecule has 1 aromatic rings. The van der Waals surface area contributed by atoms with E-state index in [4.69, 9.17) is 9.84 Å². The summed E-state index contributed by atoms with van der Waals surface area (Å²) < 4.78 is 7.21. The SMILES string of the molecule is COC1CCCC1NCc1cn(CCCO)nn1. The highest BCUT2D eigenvalue weighted by atomic mass is 16.5. The zero-order valence-corrected chi connectivity index (χ0v) is 10.9. The number of ether oxygens (including phenoxy) is 1. The first-order chi connectivity index (χ1) is 8.83. The summed E-state index contributed by atoms with van der Waals surface area (Å²) >= 11 is 0. The second-order valence-corrected chi connectivity index (χ2v) is 4.74. The first-order valence-corrected chi connectivity index (χ1v) is 6.59. The molecule has 6 nitrogen and oxygen atoms in total. The van der Waals surface area contributed by atoms with Crippen LogP contribution >= 0.6 is 0 Å². The van der Waals surface area contributed by atoms with Gasteiger partial charge in [-0.25, -0.2) is 0 Å². The summed E-state index contributed by atoms with van der Waals surface area (Å²) in [6.45, 7) is 1.63. The molecule has 1 aliphatic rings. The fourth-order valence-corrected chi connectivity index (χ4v) is 2.44. The van der Waals surface area contributed by atoms with Gasteiger partial charge >= 0.3 is 0 Å². The van der Waals surface area contributed by atoms with Crippen molar-refractivity contribution in [2.75, 3.05) is 13.7 Å². The summed E-state index contributed by atoms with van der Waals surface area (Å²) in [6.07, 6.45) is 6.49. The number of aliphatic hydroxyl groups excluding tert-OH is 1. The minimum Gasteiger partial charge on any atom is -0.396 e. The van der Waals surface area contributed by atoms with Crippen molar-refractivity contribution in [1.29, 1.82) is 0 Å². The molecule has 0 saturated heterocycles. The molecular weight excluding hydrogens is 232 g/mol. The van der Waals surface area contributed by atoms with E-state index in [1.54, 1.807) is 11.8 Å². The van der Waals surface area contributed by atoms with Crippen molar-refractivity contribution in [1.82, 2.24) is 20.3 Å². The third-order valence-electron chi connectivity index (χ3n) is 3.43. The number of aliphatic hydroxyl groups is 1. The summed E-state index contributed by atoms with van der Waals surface area (Å²) in [5.41, 5.74) is 0.940. The van der Waals surface area contributed by atoms with Gasteiger partial charge in [0.25, 0.3) is 0 Å². The molecule has 2 atom stereocenters. The Hall–Kier alpha value is -0.980. The number of aryl methyl sites for hydroxylation is 1. The number of nitrogens with one attached hydrogen (secondary N) is 1. The molecule has 1 aliphatic carbocycles. The molecule has 0 aromatic carbocycles. The molecule has 0 bridgehead atoms. The van der Waals surface area contributed by atoms with Gasteiger partial charge in [0, 0.05) is 39.0 Å². The molecule has 0 aliphatic heterocycles. The third kappa shape index (κ3) is 3.51.